The van der Waals surface area contributed by atoms with Gasteiger partial charge in [-0.25, -0.2) is 4.98 Å². The summed E-state index contributed by atoms with van der Waals surface area (Å²) in [5.41, 5.74) is 0.580. The lowest BCUT2D eigenvalue weighted by Crippen LogP contribution is -2.45. The van der Waals surface area contributed by atoms with E-state index < -0.39 is 0 Å². The fraction of sp³-hybridized carbons (Fsp3) is 0.360. The molecule has 0 bridgehead atoms. The lowest BCUT2D eigenvalue weighted by Gasteiger charge is -2.35. The summed E-state index contributed by atoms with van der Waals surface area (Å²) in [4.78, 5) is 19.3. The minimum atomic E-state index is -0.0766. The van der Waals surface area contributed by atoms with E-state index in [1.165, 1.54) is 0 Å². The molecule has 2 aliphatic heterocycles. The van der Waals surface area contributed by atoms with Crippen LogP contribution in [0.5, 0.6) is 11.5 Å². The van der Waals surface area contributed by atoms with Crippen LogP contribution in [0.15, 0.2) is 61.1 Å². The molecule has 1 saturated heterocycles. The number of aromatic nitrogens is 2. The van der Waals surface area contributed by atoms with E-state index in [2.05, 4.69) is 15.2 Å². The Morgan fingerprint density at radius 3 is 2.70 bits per heavy atom. The van der Waals surface area contributed by atoms with Crippen LogP contribution in [0, 0.1) is 5.92 Å². The first-order valence-electron chi connectivity index (χ1n) is 11.3. The number of ether oxygens (including phenoxy) is 2. The predicted octanol–water partition coefficient (Wildman–Crippen LogP) is 3.81. The maximum Gasteiger partial charge on any atom is 0.252 e. The highest BCUT2D eigenvalue weighted by Gasteiger charge is 2.27. The molecule has 33 heavy (non-hydrogen) atoms. The number of pyridine rings is 1. The highest BCUT2D eigenvalue weighted by molar-refractivity contribution is 6.32. The van der Waals surface area contributed by atoms with Gasteiger partial charge in [0, 0.05) is 31.7 Å². The monoisotopic (exact) mass is 466 g/mol. The van der Waals surface area contributed by atoms with Crippen LogP contribution in [0.25, 0.3) is 5.82 Å². The number of benzene rings is 1. The van der Waals surface area contributed by atoms with Crippen molar-refractivity contribution >= 4 is 17.5 Å². The maximum absolute atomic E-state index is 12.5. The number of nitrogens with zero attached hydrogens (tertiary/aromatic N) is 3. The topological polar surface area (TPSA) is 68.6 Å². The van der Waals surface area contributed by atoms with Crippen molar-refractivity contribution in [1.29, 1.82) is 0 Å². The molecule has 1 aromatic carbocycles. The molecule has 3 aromatic rings. The molecule has 1 fully saturated rings. The summed E-state index contributed by atoms with van der Waals surface area (Å²) < 4.78 is 13.8. The van der Waals surface area contributed by atoms with Crippen molar-refractivity contribution in [2.24, 2.45) is 5.92 Å². The van der Waals surface area contributed by atoms with Crippen molar-refractivity contribution in [2.45, 2.75) is 18.9 Å². The number of likely N-dealkylation sites (tertiary alicyclic amines) is 1. The van der Waals surface area contributed by atoms with E-state index in [4.69, 9.17) is 21.1 Å². The van der Waals surface area contributed by atoms with E-state index >= 15 is 0 Å². The maximum atomic E-state index is 12.5. The average Bonchev–Trinajstić information content (AvgIpc) is 3.39. The molecule has 4 heterocycles. The second-order valence-electron chi connectivity index (χ2n) is 8.57. The minimum absolute atomic E-state index is 0.0318. The summed E-state index contributed by atoms with van der Waals surface area (Å²) in [5, 5.41) is 3.66. The van der Waals surface area contributed by atoms with Crippen LogP contribution in [0.3, 0.4) is 0 Å². The van der Waals surface area contributed by atoms with Crippen LogP contribution in [0.2, 0.25) is 5.02 Å². The molecular weight excluding hydrogens is 440 g/mol. The standard InChI is InChI=1S/C25H27ClN4O3/c26-21-4-3-5-22-24(21)33-20(17-32-22)16-29-12-8-18(9-13-29)14-28-25(31)19-6-7-23(27-15-19)30-10-1-2-11-30/h1-7,10-11,15,18,20H,8-9,12-14,16-17H2,(H,28,31)/t20-/m0/s1. The van der Waals surface area contributed by atoms with Gasteiger partial charge >= 0.3 is 0 Å². The predicted molar refractivity (Wildman–Crippen MR) is 126 cm³/mol. The van der Waals surface area contributed by atoms with E-state index in [9.17, 15) is 4.79 Å². The Bertz CT molecular complexity index is 1080. The second-order valence-corrected chi connectivity index (χ2v) is 8.97. The zero-order chi connectivity index (χ0) is 22.6. The number of hydrogen-bond donors (Lipinski definition) is 1. The Kier molecular flexibility index (Phi) is 6.51. The van der Waals surface area contributed by atoms with Crippen LogP contribution in [0.4, 0.5) is 0 Å². The number of para-hydroxylation sites is 1. The van der Waals surface area contributed by atoms with Gasteiger partial charge in [-0.1, -0.05) is 17.7 Å². The van der Waals surface area contributed by atoms with Crippen molar-refractivity contribution in [3.63, 3.8) is 0 Å². The largest absolute Gasteiger partial charge is 0.486 e. The molecule has 0 aliphatic carbocycles. The number of carbonyl (C=O) groups is 1. The molecule has 2 aliphatic rings. The molecule has 1 amide bonds. The number of piperidine rings is 1. The number of carbonyl (C=O) groups excluding carboxylic acids is 1. The quantitative estimate of drug-likeness (QED) is 0.598. The summed E-state index contributed by atoms with van der Waals surface area (Å²) in [6.45, 7) is 3.97. The van der Waals surface area contributed by atoms with Crippen molar-refractivity contribution in [2.75, 3.05) is 32.8 Å². The van der Waals surface area contributed by atoms with Crippen molar-refractivity contribution < 1.29 is 14.3 Å². The third kappa shape index (κ3) is 5.15. The van der Waals surface area contributed by atoms with Gasteiger partial charge in [0.25, 0.3) is 5.91 Å². The highest BCUT2D eigenvalue weighted by Crippen LogP contribution is 2.38. The van der Waals surface area contributed by atoms with E-state index in [-0.39, 0.29) is 12.0 Å². The normalized spacial score (nSPS) is 18.8. The SMILES string of the molecule is O=C(NCC1CCN(C[C@H]2COc3cccc(Cl)c3O2)CC1)c1ccc(-n2cccc2)nc1. The zero-order valence-corrected chi connectivity index (χ0v) is 19.1. The number of halogens is 1. The third-order valence-electron chi connectivity index (χ3n) is 6.24. The van der Waals surface area contributed by atoms with Crippen LogP contribution >= 0.6 is 11.6 Å². The Hall–Kier alpha value is -3.03. The molecule has 7 nitrogen and oxygen atoms in total. The molecular formula is C25H27ClN4O3. The number of hydrogen-bond acceptors (Lipinski definition) is 5. The van der Waals surface area contributed by atoms with E-state index in [1.54, 1.807) is 6.20 Å². The number of fused-ring (bicyclic) bond motifs is 1. The van der Waals surface area contributed by atoms with Gasteiger partial charge in [0.05, 0.1) is 10.6 Å². The van der Waals surface area contributed by atoms with Gasteiger partial charge in [-0.2, -0.15) is 0 Å². The molecule has 8 heteroatoms. The van der Waals surface area contributed by atoms with Crippen LogP contribution < -0.4 is 14.8 Å². The lowest BCUT2D eigenvalue weighted by atomic mass is 9.96. The Balaban J connectivity index is 1.05. The lowest BCUT2D eigenvalue weighted by molar-refractivity contribution is 0.0477. The highest BCUT2D eigenvalue weighted by atomic mass is 35.5. The van der Waals surface area contributed by atoms with Crippen molar-refractivity contribution in [3.8, 4) is 17.3 Å². The Labute approximate surface area is 198 Å². The molecule has 0 spiro atoms. The summed E-state index contributed by atoms with van der Waals surface area (Å²) in [5.74, 6) is 2.54. The fourth-order valence-electron chi connectivity index (χ4n) is 4.35. The van der Waals surface area contributed by atoms with Gasteiger partial charge in [0.1, 0.15) is 18.5 Å². The van der Waals surface area contributed by atoms with Crippen LogP contribution in [-0.4, -0.2) is 59.2 Å². The number of rotatable bonds is 6. The Morgan fingerprint density at radius 2 is 1.94 bits per heavy atom. The molecule has 0 radical (unpaired) electrons. The van der Waals surface area contributed by atoms with Crippen LogP contribution in [0.1, 0.15) is 23.2 Å². The van der Waals surface area contributed by atoms with Gasteiger partial charge in [0.2, 0.25) is 0 Å². The summed E-state index contributed by atoms with van der Waals surface area (Å²) >= 11 is 6.25. The van der Waals surface area contributed by atoms with Gasteiger partial charge in [0.15, 0.2) is 11.5 Å². The molecule has 1 N–H and O–H groups in total. The van der Waals surface area contributed by atoms with E-state index in [0.29, 0.717) is 41.2 Å². The second kappa shape index (κ2) is 9.85. The Morgan fingerprint density at radius 1 is 1.12 bits per heavy atom. The first-order valence-corrected chi connectivity index (χ1v) is 11.7. The number of nitrogens with one attached hydrogen (secondary N) is 1. The summed E-state index contributed by atoms with van der Waals surface area (Å²) in [6.07, 6.45) is 7.53. The summed E-state index contributed by atoms with van der Waals surface area (Å²) in [7, 11) is 0. The average molecular weight is 467 g/mol. The summed E-state index contributed by atoms with van der Waals surface area (Å²) in [6, 6.07) is 13.1. The molecule has 1 atom stereocenters. The molecule has 5 rings (SSSR count). The molecule has 0 unspecified atom stereocenters. The van der Waals surface area contributed by atoms with Crippen LogP contribution in [-0.2, 0) is 0 Å². The molecule has 0 saturated carbocycles. The first-order chi connectivity index (χ1) is 16.2. The number of amides is 1. The third-order valence-corrected chi connectivity index (χ3v) is 6.54. The fourth-order valence-corrected chi connectivity index (χ4v) is 4.56. The minimum Gasteiger partial charge on any atom is -0.486 e. The van der Waals surface area contributed by atoms with Gasteiger partial charge in [-0.15, -0.1) is 0 Å². The first kappa shape index (κ1) is 21.8. The van der Waals surface area contributed by atoms with Gasteiger partial charge < -0.3 is 19.4 Å². The van der Waals surface area contributed by atoms with Crippen molar-refractivity contribution in [1.82, 2.24) is 19.8 Å². The van der Waals surface area contributed by atoms with Gasteiger partial charge in [-0.05, 0) is 68.2 Å². The van der Waals surface area contributed by atoms with E-state index in [1.807, 2.05) is 59.4 Å². The van der Waals surface area contributed by atoms with E-state index in [0.717, 1.165) is 38.3 Å². The van der Waals surface area contributed by atoms with Crippen molar-refractivity contribution in [3.05, 3.63) is 71.6 Å². The smallest absolute Gasteiger partial charge is 0.252 e. The van der Waals surface area contributed by atoms with Gasteiger partial charge in [-0.3, -0.25) is 9.69 Å². The molecule has 172 valence electrons. The zero-order valence-electron chi connectivity index (χ0n) is 18.3. The molecule has 2 aromatic heterocycles.